The zero-order chi connectivity index (χ0) is 24.5. The molecule has 0 saturated carbocycles. The van der Waals surface area contributed by atoms with Crippen LogP contribution in [0.5, 0.6) is 0 Å². The van der Waals surface area contributed by atoms with Crippen LogP contribution in [0, 0.1) is 20.8 Å². The molecule has 0 aliphatic carbocycles. The van der Waals surface area contributed by atoms with Gasteiger partial charge in [0.1, 0.15) is 0 Å². The third kappa shape index (κ3) is 5.30. The number of carbonyl (C=O) groups excluding carboxylic acids is 1. The summed E-state index contributed by atoms with van der Waals surface area (Å²) >= 11 is 0. The van der Waals surface area contributed by atoms with E-state index in [2.05, 4.69) is 66.7 Å². The molecule has 2 atom stereocenters. The average Bonchev–Trinajstić information content (AvgIpc) is 2.80. The monoisotopic (exact) mass is 461 g/mol. The number of carbonyl (C=O) groups is 1. The van der Waals surface area contributed by atoms with E-state index in [1.54, 1.807) is 0 Å². The van der Waals surface area contributed by atoms with E-state index in [4.69, 9.17) is 0 Å². The number of piperazine rings is 1. The number of piperidine rings is 1. The fourth-order valence-electron chi connectivity index (χ4n) is 6.12. The minimum absolute atomic E-state index is 0.228. The lowest BCUT2D eigenvalue weighted by atomic mass is 9.86. The van der Waals surface area contributed by atoms with Gasteiger partial charge in [-0.2, -0.15) is 0 Å². The molecule has 2 heterocycles. The topological polar surface area (TPSA) is 26.8 Å². The quantitative estimate of drug-likeness (QED) is 0.537. The van der Waals surface area contributed by atoms with Gasteiger partial charge < -0.3 is 0 Å². The third-order valence-electron chi connectivity index (χ3n) is 8.56. The molecule has 2 aromatic rings. The Morgan fingerprint density at radius 3 is 2.18 bits per heavy atom. The van der Waals surface area contributed by atoms with Gasteiger partial charge in [0, 0.05) is 55.9 Å². The Kier molecular flexibility index (Phi) is 7.61. The minimum Gasteiger partial charge on any atom is -0.296 e. The fourth-order valence-corrected chi connectivity index (χ4v) is 6.12. The molecule has 0 aromatic heterocycles. The predicted molar refractivity (Wildman–Crippen MR) is 142 cm³/mol. The maximum absolute atomic E-state index is 13.0. The zero-order valence-corrected chi connectivity index (χ0v) is 22.1. The van der Waals surface area contributed by atoms with Crippen LogP contribution >= 0.6 is 0 Å². The number of aryl methyl sites for hydroxylation is 3. The second kappa shape index (κ2) is 10.3. The molecule has 0 radical (unpaired) electrons. The molecule has 0 bridgehead atoms. The molecule has 2 aliphatic rings. The van der Waals surface area contributed by atoms with Gasteiger partial charge in [0.2, 0.25) is 0 Å². The van der Waals surface area contributed by atoms with E-state index in [1.807, 2.05) is 32.0 Å². The van der Waals surface area contributed by atoms with Gasteiger partial charge in [0.25, 0.3) is 0 Å². The summed E-state index contributed by atoms with van der Waals surface area (Å²) in [6.45, 7) is 19.3. The smallest absolute Gasteiger partial charge is 0.177 e. The first-order chi connectivity index (χ1) is 16.2. The molecule has 184 valence electrons. The normalized spacial score (nSPS) is 23.1. The average molecular weight is 462 g/mol. The number of Topliss-reactive ketones (excluding diaryl/α,β-unsaturated/α-hetero) is 1. The van der Waals surface area contributed by atoms with Crippen LogP contribution in [0.2, 0.25) is 0 Å². The first-order valence-electron chi connectivity index (χ1n) is 13.1. The lowest BCUT2D eigenvalue weighted by molar-refractivity contribution is -0.0295. The maximum atomic E-state index is 13.0. The van der Waals surface area contributed by atoms with Crippen molar-refractivity contribution >= 4 is 5.78 Å². The van der Waals surface area contributed by atoms with E-state index < -0.39 is 0 Å². The lowest BCUT2D eigenvalue weighted by Gasteiger charge is -2.52. The van der Waals surface area contributed by atoms with Crippen LogP contribution in [0.1, 0.15) is 72.3 Å². The van der Waals surface area contributed by atoms with Crippen LogP contribution in [0.15, 0.2) is 42.5 Å². The molecule has 4 rings (SSSR count). The molecular weight excluding hydrogens is 418 g/mol. The Morgan fingerprint density at radius 2 is 1.59 bits per heavy atom. The molecule has 2 saturated heterocycles. The van der Waals surface area contributed by atoms with Gasteiger partial charge in [0.15, 0.2) is 5.78 Å². The van der Waals surface area contributed by atoms with E-state index >= 15 is 0 Å². The third-order valence-corrected chi connectivity index (χ3v) is 8.56. The summed E-state index contributed by atoms with van der Waals surface area (Å²) in [5.41, 5.74) is 6.08. The van der Waals surface area contributed by atoms with E-state index in [0.29, 0.717) is 18.6 Å². The van der Waals surface area contributed by atoms with Gasteiger partial charge in [-0.3, -0.25) is 19.5 Å². The predicted octanol–water partition coefficient (Wildman–Crippen LogP) is 5.42. The van der Waals surface area contributed by atoms with Gasteiger partial charge in [0.05, 0.1) is 6.54 Å². The van der Waals surface area contributed by atoms with Crippen LogP contribution < -0.4 is 0 Å². The van der Waals surface area contributed by atoms with Gasteiger partial charge in [-0.25, -0.2) is 0 Å². The van der Waals surface area contributed by atoms with Crippen molar-refractivity contribution < 1.29 is 4.79 Å². The number of rotatable bonds is 6. The van der Waals surface area contributed by atoms with Crippen molar-refractivity contribution in [1.29, 1.82) is 0 Å². The van der Waals surface area contributed by atoms with Crippen LogP contribution in [0.3, 0.4) is 0 Å². The molecule has 2 fully saturated rings. The van der Waals surface area contributed by atoms with Crippen molar-refractivity contribution in [3.63, 3.8) is 0 Å². The van der Waals surface area contributed by atoms with Gasteiger partial charge in [-0.15, -0.1) is 0 Å². The summed E-state index contributed by atoms with van der Waals surface area (Å²) < 4.78 is 0. The van der Waals surface area contributed by atoms with Crippen LogP contribution in [0.25, 0.3) is 0 Å². The van der Waals surface area contributed by atoms with Gasteiger partial charge >= 0.3 is 0 Å². The first-order valence-corrected chi connectivity index (χ1v) is 13.1. The number of nitrogens with zero attached hydrogens (tertiary/aromatic N) is 3. The number of ketones is 1. The van der Waals surface area contributed by atoms with Crippen LogP contribution in [-0.4, -0.2) is 71.3 Å². The number of benzene rings is 2. The Hall–Kier alpha value is -2.01. The second-order valence-corrected chi connectivity index (χ2v) is 11.1. The first kappa shape index (κ1) is 25.1. The highest BCUT2D eigenvalue weighted by Gasteiger charge is 2.40. The van der Waals surface area contributed by atoms with Crippen molar-refractivity contribution in [2.45, 2.75) is 72.0 Å². The molecular formula is C30H43N3O. The SMILES string of the molecule is Cc1ccc([C@H](C)N2CCN(C3(C)CCN(CC(=O)c4c(C)cccc4C)CC3)C[C@@H]2C)cc1. The van der Waals surface area contributed by atoms with E-state index in [1.165, 1.54) is 11.1 Å². The molecule has 0 amide bonds. The summed E-state index contributed by atoms with van der Waals surface area (Å²) in [5, 5.41) is 0. The van der Waals surface area contributed by atoms with E-state index in [-0.39, 0.29) is 11.3 Å². The largest absolute Gasteiger partial charge is 0.296 e. The van der Waals surface area contributed by atoms with Crippen LogP contribution in [-0.2, 0) is 0 Å². The molecule has 2 aliphatic heterocycles. The standard InChI is InChI=1S/C30H43N3O/c1-22-10-12-27(13-11-22)26(5)33-19-18-32(20-25(33)4)30(6)14-16-31(17-15-30)21-28(34)29-23(2)8-7-9-24(29)3/h7-13,25-26H,14-21H2,1-6H3/t25-,26-/m0/s1. The summed E-state index contributed by atoms with van der Waals surface area (Å²) in [6, 6.07) is 16.2. The van der Waals surface area contributed by atoms with Gasteiger partial charge in [-0.1, -0.05) is 48.0 Å². The van der Waals surface area contributed by atoms with Crippen molar-refractivity contribution in [1.82, 2.24) is 14.7 Å². The van der Waals surface area contributed by atoms with E-state index in [0.717, 1.165) is 62.3 Å². The molecule has 0 spiro atoms. The zero-order valence-electron chi connectivity index (χ0n) is 22.1. The summed E-state index contributed by atoms with van der Waals surface area (Å²) in [5.74, 6) is 0.270. The Balaban J connectivity index is 1.32. The molecule has 0 unspecified atom stereocenters. The number of hydrogen-bond acceptors (Lipinski definition) is 4. The van der Waals surface area contributed by atoms with Crippen molar-refractivity contribution in [3.8, 4) is 0 Å². The number of likely N-dealkylation sites (tertiary alicyclic amines) is 1. The van der Waals surface area contributed by atoms with Crippen molar-refractivity contribution in [2.75, 3.05) is 39.3 Å². The highest BCUT2D eigenvalue weighted by Crippen LogP contribution is 2.33. The molecule has 34 heavy (non-hydrogen) atoms. The molecule has 2 aromatic carbocycles. The summed E-state index contributed by atoms with van der Waals surface area (Å²) in [4.78, 5) is 20.8. The molecule has 4 heteroatoms. The van der Waals surface area contributed by atoms with Crippen molar-refractivity contribution in [3.05, 3.63) is 70.3 Å². The Labute approximate surface area is 206 Å². The van der Waals surface area contributed by atoms with E-state index in [9.17, 15) is 4.79 Å². The molecule has 4 nitrogen and oxygen atoms in total. The fraction of sp³-hybridized carbons (Fsp3) is 0.567. The second-order valence-electron chi connectivity index (χ2n) is 11.1. The number of hydrogen-bond donors (Lipinski definition) is 0. The Morgan fingerprint density at radius 1 is 0.971 bits per heavy atom. The molecule has 0 N–H and O–H groups in total. The maximum Gasteiger partial charge on any atom is 0.177 e. The summed E-state index contributed by atoms with van der Waals surface area (Å²) in [6.07, 6.45) is 2.26. The van der Waals surface area contributed by atoms with Gasteiger partial charge in [-0.05, 0) is 71.1 Å². The Bertz CT molecular complexity index is 970. The van der Waals surface area contributed by atoms with Crippen LogP contribution in [0.4, 0.5) is 0 Å². The minimum atomic E-state index is 0.228. The highest BCUT2D eigenvalue weighted by atomic mass is 16.1. The van der Waals surface area contributed by atoms with Crippen molar-refractivity contribution in [2.24, 2.45) is 0 Å². The highest BCUT2D eigenvalue weighted by molar-refractivity contribution is 6.00. The lowest BCUT2D eigenvalue weighted by Crippen LogP contribution is -2.62. The summed E-state index contributed by atoms with van der Waals surface area (Å²) in [7, 11) is 0.